The van der Waals surface area contributed by atoms with Gasteiger partial charge in [-0.1, -0.05) is 39.2 Å². The molecule has 7 rings (SSSR count). The van der Waals surface area contributed by atoms with Gasteiger partial charge in [-0.15, -0.1) is 23.2 Å². The number of alkyl halides is 2. The Morgan fingerprint density at radius 3 is 2.02 bits per heavy atom. The molecule has 4 aliphatic rings. The van der Waals surface area contributed by atoms with E-state index >= 15 is 8.78 Å². The first-order chi connectivity index (χ1) is 22.6. The third kappa shape index (κ3) is 4.16. The molecule has 48 heavy (non-hydrogen) atoms. The van der Waals surface area contributed by atoms with E-state index in [1.807, 2.05) is 0 Å². The maximum Gasteiger partial charge on any atom is 0.258 e. The molecule has 1 saturated carbocycles. The van der Waals surface area contributed by atoms with Gasteiger partial charge < -0.3 is 5.11 Å². The lowest BCUT2D eigenvalue weighted by atomic mass is 9.56. The van der Waals surface area contributed by atoms with Crippen molar-refractivity contribution in [3.8, 4) is 5.75 Å². The average molecular weight is 791 g/mol. The van der Waals surface area contributed by atoms with Crippen LogP contribution in [-0.4, -0.2) is 38.5 Å². The van der Waals surface area contributed by atoms with Gasteiger partial charge in [-0.2, -0.15) is 0 Å². The van der Waals surface area contributed by atoms with Crippen LogP contribution >= 0.6 is 50.7 Å². The number of fused-ring (bicyclic) bond motifs is 4. The quantitative estimate of drug-likeness (QED) is 0.0753. The molecule has 248 valence electrons. The molecule has 7 nitrogen and oxygen atoms in total. The fourth-order valence-electron chi connectivity index (χ4n) is 7.51. The van der Waals surface area contributed by atoms with Crippen LogP contribution < -0.4 is 9.80 Å². The number of amides is 4. The van der Waals surface area contributed by atoms with Crippen molar-refractivity contribution < 1.29 is 46.2 Å². The van der Waals surface area contributed by atoms with E-state index in [-0.39, 0.29) is 28.1 Å². The predicted octanol–water partition coefficient (Wildman–Crippen LogP) is 7.27. The van der Waals surface area contributed by atoms with E-state index in [9.17, 15) is 37.5 Å². The van der Waals surface area contributed by atoms with Gasteiger partial charge in [0.1, 0.15) is 11.4 Å². The normalized spacial score (nSPS) is 29.6. The summed E-state index contributed by atoms with van der Waals surface area (Å²) in [6, 6.07) is 9.87. The molecular weight excluding hydrogens is 774 g/mol. The molecule has 3 aromatic carbocycles. The second-order valence-electron chi connectivity index (χ2n) is 11.9. The zero-order chi connectivity index (χ0) is 34.8. The van der Waals surface area contributed by atoms with Gasteiger partial charge in [0.2, 0.25) is 17.6 Å². The highest BCUT2D eigenvalue weighted by Gasteiger charge is 2.77. The van der Waals surface area contributed by atoms with E-state index in [0.29, 0.717) is 9.50 Å². The molecule has 2 aliphatic carbocycles. The van der Waals surface area contributed by atoms with Crippen LogP contribution in [0.4, 0.5) is 33.3 Å². The molecule has 3 fully saturated rings. The largest absolute Gasteiger partial charge is 0.508 e. The SMILES string of the molecule is O=C1C2CC=C3C(CC4(Cl)C(=O)N(c5c(F)c(F)c(F)c(F)c5F)C(=O)C4(Cl)C3c3cc(Br)ccc3O)C2C(=O)N1c1ccc(Cl)cc1. The summed E-state index contributed by atoms with van der Waals surface area (Å²) in [5.74, 6) is -22.2. The highest BCUT2D eigenvalue weighted by molar-refractivity contribution is 9.10. The van der Waals surface area contributed by atoms with Crippen molar-refractivity contribution in [3.63, 3.8) is 0 Å². The lowest BCUT2D eigenvalue weighted by molar-refractivity contribution is -0.125. The van der Waals surface area contributed by atoms with Gasteiger partial charge in [0, 0.05) is 21.0 Å². The van der Waals surface area contributed by atoms with Crippen molar-refractivity contribution in [2.75, 3.05) is 9.80 Å². The van der Waals surface area contributed by atoms with Crippen molar-refractivity contribution in [1.29, 1.82) is 0 Å². The number of hydrogen-bond donors (Lipinski definition) is 1. The van der Waals surface area contributed by atoms with Crippen LogP contribution in [-0.2, 0) is 19.2 Å². The number of benzene rings is 3. The van der Waals surface area contributed by atoms with E-state index in [1.165, 1.54) is 48.5 Å². The Labute approximate surface area is 291 Å². The van der Waals surface area contributed by atoms with Gasteiger partial charge in [0.05, 0.1) is 17.5 Å². The van der Waals surface area contributed by atoms with E-state index in [2.05, 4.69) is 15.9 Å². The number of imide groups is 2. The van der Waals surface area contributed by atoms with E-state index in [4.69, 9.17) is 34.8 Å². The van der Waals surface area contributed by atoms with Crippen molar-refractivity contribution in [2.45, 2.75) is 28.5 Å². The number of aromatic hydroxyl groups is 1. The first kappa shape index (κ1) is 33.0. The standard InChI is InChI=1S/C32H17BrCl3F5N2O5/c33-11-1-8-18(44)16(9-11)20-14-6-7-15-19(28(46)42(27(15)45)13-4-2-12(34)3-5-13)17(14)10-31(35)29(47)43(30(48)32(20,31)36)26-24(40)22(38)21(37)23(39)25(26)41/h1-6,8-9,15,17,19-20,44H,7,10H2. The number of allylic oxidation sites excluding steroid dienone is 2. The van der Waals surface area contributed by atoms with Crippen LogP contribution in [0, 0.1) is 46.8 Å². The predicted molar refractivity (Wildman–Crippen MR) is 166 cm³/mol. The Bertz CT molecular complexity index is 2020. The maximum atomic E-state index is 15.2. The second kappa shape index (κ2) is 11.0. The lowest BCUT2D eigenvalue weighted by Gasteiger charge is -2.50. The molecule has 16 heteroatoms. The number of hydrogen-bond acceptors (Lipinski definition) is 5. The summed E-state index contributed by atoms with van der Waals surface area (Å²) in [4.78, 5) is 51.5. The van der Waals surface area contributed by atoms with Crippen LogP contribution in [0.25, 0.3) is 0 Å². The van der Waals surface area contributed by atoms with Gasteiger partial charge in [0.25, 0.3) is 11.8 Å². The van der Waals surface area contributed by atoms with Crippen molar-refractivity contribution in [1.82, 2.24) is 0 Å². The summed E-state index contributed by atoms with van der Waals surface area (Å²) in [7, 11) is 0. The minimum Gasteiger partial charge on any atom is -0.508 e. The molecule has 2 heterocycles. The summed E-state index contributed by atoms with van der Waals surface area (Å²) in [6.45, 7) is 0. The molecule has 2 saturated heterocycles. The second-order valence-corrected chi connectivity index (χ2v) is 14.5. The molecular formula is C32H17BrCl3F5N2O5. The topological polar surface area (TPSA) is 95.0 Å². The van der Waals surface area contributed by atoms with E-state index in [0.717, 1.165) is 4.90 Å². The Morgan fingerprint density at radius 1 is 0.792 bits per heavy atom. The minimum atomic E-state index is -2.75. The lowest BCUT2D eigenvalue weighted by Crippen LogP contribution is -2.60. The monoisotopic (exact) mass is 788 g/mol. The maximum absolute atomic E-state index is 15.2. The third-order valence-corrected chi connectivity index (χ3v) is 11.8. The summed E-state index contributed by atoms with van der Waals surface area (Å²) in [6.07, 6.45) is 0.815. The van der Waals surface area contributed by atoms with Gasteiger partial charge in [-0.25, -0.2) is 26.9 Å². The van der Waals surface area contributed by atoms with E-state index < -0.39 is 104 Å². The van der Waals surface area contributed by atoms with Crippen molar-refractivity contribution >= 4 is 85.7 Å². The Morgan fingerprint density at radius 2 is 1.40 bits per heavy atom. The summed E-state index contributed by atoms with van der Waals surface area (Å²) in [5, 5.41) is 11.4. The fraction of sp³-hybridized carbons (Fsp3) is 0.250. The number of carbonyl (C=O) groups is 4. The first-order valence-electron chi connectivity index (χ1n) is 14.2. The van der Waals surface area contributed by atoms with Gasteiger partial charge in [0.15, 0.2) is 33.0 Å². The smallest absolute Gasteiger partial charge is 0.258 e. The van der Waals surface area contributed by atoms with Gasteiger partial charge in [-0.3, -0.25) is 24.1 Å². The first-order valence-corrected chi connectivity index (χ1v) is 16.1. The number of halogens is 9. The third-order valence-electron chi connectivity index (χ3n) is 9.61. The summed E-state index contributed by atoms with van der Waals surface area (Å²) in [5.41, 5.74) is -1.58. The van der Waals surface area contributed by atoms with Crippen LogP contribution in [0.2, 0.25) is 5.02 Å². The van der Waals surface area contributed by atoms with Crippen molar-refractivity contribution in [3.05, 3.63) is 98.3 Å². The number of phenolic OH excluding ortho intramolecular Hbond substituents is 1. The molecule has 6 unspecified atom stereocenters. The van der Waals surface area contributed by atoms with Crippen LogP contribution in [0.5, 0.6) is 5.75 Å². The van der Waals surface area contributed by atoms with Crippen LogP contribution in [0.3, 0.4) is 0 Å². The average Bonchev–Trinajstić information content (AvgIpc) is 3.39. The molecule has 3 aromatic rings. The zero-order valence-corrected chi connectivity index (χ0v) is 27.6. The van der Waals surface area contributed by atoms with Gasteiger partial charge in [-0.05, 0) is 61.2 Å². The number of carbonyl (C=O) groups excluding carboxylic acids is 4. The molecule has 0 bridgehead atoms. The number of anilines is 2. The van der Waals surface area contributed by atoms with E-state index in [1.54, 1.807) is 0 Å². The molecule has 0 spiro atoms. The Kier molecular flexibility index (Phi) is 7.56. The van der Waals surface area contributed by atoms with Crippen molar-refractivity contribution in [2.24, 2.45) is 17.8 Å². The minimum absolute atomic E-state index is 0.0534. The molecule has 6 atom stereocenters. The molecule has 1 N–H and O–H groups in total. The molecule has 4 amide bonds. The van der Waals surface area contributed by atoms with Gasteiger partial charge >= 0.3 is 0 Å². The summed E-state index contributed by atoms with van der Waals surface area (Å²) < 4.78 is 73.4. The van der Waals surface area contributed by atoms with Crippen LogP contribution in [0.1, 0.15) is 24.3 Å². The Balaban J connectivity index is 1.44. The Hall–Kier alpha value is -3.52. The number of rotatable bonds is 3. The molecule has 0 aromatic heterocycles. The number of nitrogens with zero attached hydrogens (tertiary/aromatic N) is 2. The highest BCUT2D eigenvalue weighted by Crippen LogP contribution is 2.67. The van der Waals surface area contributed by atoms with Crippen LogP contribution in [0.15, 0.2) is 58.6 Å². The summed E-state index contributed by atoms with van der Waals surface area (Å²) >= 11 is 23.4. The highest BCUT2D eigenvalue weighted by atomic mass is 79.9. The molecule has 2 aliphatic heterocycles. The zero-order valence-electron chi connectivity index (χ0n) is 23.7. The fourth-order valence-corrected chi connectivity index (χ4v) is 8.95. The molecule has 0 radical (unpaired) electrons. The number of phenols is 1.